The van der Waals surface area contributed by atoms with Crippen LogP contribution in [0.5, 0.6) is 5.75 Å². The Labute approximate surface area is 99.4 Å². The van der Waals surface area contributed by atoms with Crippen LogP contribution < -0.4 is 4.74 Å². The lowest BCUT2D eigenvalue weighted by Crippen LogP contribution is -2.19. The Bertz CT molecular complexity index is 424. The molecule has 0 aliphatic carbocycles. The summed E-state index contributed by atoms with van der Waals surface area (Å²) in [5.74, 6) is -0.760. The Hall–Kier alpha value is -1.35. The number of rotatable bonds is 4. The van der Waals surface area contributed by atoms with Crippen molar-refractivity contribution in [3.8, 4) is 5.75 Å². The van der Waals surface area contributed by atoms with E-state index in [1.54, 1.807) is 19.9 Å². The van der Waals surface area contributed by atoms with Crippen LogP contribution in [0.15, 0.2) is 18.2 Å². The normalized spacial score (nSPS) is 10.3. The topological polar surface area (TPSA) is 43.4 Å². The van der Waals surface area contributed by atoms with Crippen LogP contribution in [0, 0.1) is 5.92 Å². The quantitative estimate of drug-likeness (QED) is 0.600. The highest BCUT2D eigenvalue weighted by Gasteiger charge is 2.20. The molecule has 0 aliphatic heterocycles. The smallest absolute Gasteiger partial charge is 0.228 e. The van der Waals surface area contributed by atoms with Crippen LogP contribution in [-0.4, -0.2) is 18.7 Å². The summed E-state index contributed by atoms with van der Waals surface area (Å²) in [6, 6.07) is 4.56. The van der Waals surface area contributed by atoms with Gasteiger partial charge in [-0.3, -0.25) is 9.59 Å². The zero-order valence-corrected chi connectivity index (χ0v) is 10.2. The second kappa shape index (κ2) is 5.12. The molecule has 4 heteroatoms. The average molecular weight is 241 g/mol. The van der Waals surface area contributed by atoms with E-state index in [0.717, 1.165) is 0 Å². The molecule has 0 amide bonds. The second-order valence-electron chi connectivity index (χ2n) is 3.70. The van der Waals surface area contributed by atoms with Gasteiger partial charge in [-0.25, -0.2) is 0 Å². The molecule has 0 bridgehead atoms. The zero-order chi connectivity index (χ0) is 12.3. The fraction of sp³-hybridized carbons (Fsp3) is 0.333. The van der Waals surface area contributed by atoms with Gasteiger partial charge in [0.1, 0.15) is 5.75 Å². The number of halogens is 1. The SMILES string of the molecule is COc1ccc(C(=O)C(=O)C(C)C)cc1Cl. The molecule has 1 rings (SSSR count). The maximum Gasteiger partial charge on any atom is 0.228 e. The fourth-order valence-corrected chi connectivity index (χ4v) is 1.47. The number of ketones is 2. The van der Waals surface area contributed by atoms with Gasteiger partial charge < -0.3 is 4.74 Å². The van der Waals surface area contributed by atoms with E-state index in [1.165, 1.54) is 19.2 Å². The molecule has 0 aromatic heterocycles. The molecule has 0 spiro atoms. The lowest BCUT2D eigenvalue weighted by Gasteiger charge is -2.06. The van der Waals surface area contributed by atoms with E-state index in [9.17, 15) is 9.59 Å². The number of ether oxygens (including phenoxy) is 1. The molecule has 0 radical (unpaired) electrons. The minimum atomic E-state index is -0.514. The summed E-state index contributed by atoms with van der Waals surface area (Å²) in [6.45, 7) is 3.37. The zero-order valence-electron chi connectivity index (χ0n) is 9.41. The predicted molar refractivity (Wildman–Crippen MR) is 62.2 cm³/mol. The molecule has 0 atom stereocenters. The number of hydrogen-bond acceptors (Lipinski definition) is 3. The Morgan fingerprint density at radius 2 is 1.94 bits per heavy atom. The van der Waals surface area contributed by atoms with Gasteiger partial charge in [0.15, 0.2) is 0 Å². The Balaban J connectivity index is 3.02. The summed E-state index contributed by atoms with van der Waals surface area (Å²) in [7, 11) is 1.49. The molecule has 0 N–H and O–H groups in total. The third-order valence-corrected chi connectivity index (χ3v) is 2.46. The summed E-state index contributed by atoms with van der Waals surface area (Å²) < 4.78 is 4.96. The van der Waals surface area contributed by atoms with Gasteiger partial charge in [-0.2, -0.15) is 0 Å². The van der Waals surface area contributed by atoms with Crippen LogP contribution in [0.1, 0.15) is 24.2 Å². The van der Waals surface area contributed by atoms with E-state index in [0.29, 0.717) is 16.3 Å². The van der Waals surface area contributed by atoms with Gasteiger partial charge in [-0.05, 0) is 18.2 Å². The minimum Gasteiger partial charge on any atom is -0.495 e. The molecule has 0 unspecified atom stereocenters. The van der Waals surface area contributed by atoms with Crippen molar-refractivity contribution in [3.63, 3.8) is 0 Å². The van der Waals surface area contributed by atoms with Gasteiger partial charge in [-0.15, -0.1) is 0 Å². The van der Waals surface area contributed by atoms with E-state index in [-0.39, 0.29) is 5.92 Å². The monoisotopic (exact) mass is 240 g/mol. The molecule has 0 fully saturated rings. The standard InChI is InChI=1S/C12H13ClO3/c1-7(2)11(14)12(15)8-4-5-10(16-3)9(13)6-8/h4-7H,1-3H3. The highest BCUT2D eigenvalue weighted by Crippen LogP contribution is 2.25. The van der Waals surface area contributed by atoms with Gasteiger partial charge in [-0.1, -0.05) is 25.4 Å². The van der Waals surface area contributed by atoms with E-state index in [4.69, 9.17) is 16.3 Å². The van der Waals surface area contributed by atoms with Crippen LogP contribution in [0.3, 0.4) is 0 Å². The first kappa shape index (κ1) is 12.7. The second-order valence-corrected chi connectivity index (χ2v) is 4.10. The summed E-state index contributed by atoms with van der Waals surface area (Å²) in [6.07, 6.45) is 0. The summed E-state index contributed by atoms with van der Waals surface area (Å²) in [5.41, 5.74) is 0.296. The maximum absolute atomic E-state index is 11.7. The molecule has 1 aromatic rings. The predicted octanol–water partition coefficient (Wildman–Crippen LogP) is 2.76. The largest absolute Gasteiger partial charge is 0.495 e. The number of hydrogen-bond donors (Lipinski definition) is 0. The molecular weight excluding hydrogens is 228 g/mol. The van der Waals surface area contributed by atoms with E-state index in [2.05, 4.69) is 0 Å². The van der Waals surface area contributed by atoms with Crippen molar-refractivity contribution < 1.29 is 14.3 Å². The molecule has 0 saturated heterocycles. The van der Waals surface area contributed by atoms with Crippen molar-refractivity contribution in [2.75, 3.05) is 7.11 Å². The molecule has 1 aromatic carbocycles. The molecule has 0 aliphatic rings. The van der Waals surface area contributed by atoms with Crippen molar-refractivity contribution >= 4 is 23.2 Å². The van der Waals surface area contributed by atoms with E-state index >= 15 is 0 Å². The van der Waals surface area contributed by atoms with Crippen LogP contribution in [0.2, 0.25) is 5.02 Å². The van der Waals surface area contributed by atoms with Gasteiger partial charge >= 0.3 is 0 Å². The van der Waals surface area contributed by atoms with Crippen LogP contribution in [0.25, 0.3) is 0 Å². The first-order valence-electron chi connectivity index (χ1n) is 4.89. The summed E-state index contributed by atoms with van der Waals surface area (Å²) in [5, 5.41) is 0.324. The lowest BCUT2D eigenvalue weighted by atomic mass is 10.00. The Kier molecular flexibility index (Phi) is 4.07. The number of carbonyl (C=O) groups is 2. The number of methoxy groups -OCH3 is 1. The van der Waals surface area contributed by atoms with Gasteiger partial charge in [0.2, 0.25) is 11.6 Å². The fourth-order valence-electron chi connectivity index (χ4n) is 1.21. The number of carbonyl (C=O) groups excluding carboxylic acids is 2. The number of Topliss-reactive ketones (excluding diaryl/α,β-unsaturated/α-hetero) is 2. The van der Waals surface area contributed by atoms with Crippen molar-refractivity contribution in [2.24, 2.45) is 5.92 Å². The van der Waals surface area contributed by atoms with Crippen molar-refractivity contribution in [1.82, 2.24) is 0 Å². The molecule has 16 heavy (non-hydrogen) atoms. The highest BCUT2D eigenvalue weighted by molar-refractivity contribution is 6.44. The first-order chi connectivity index (χ1) is 7.47. The van der Waals surface area contributed by atoms with Crippen LogP contribution in [-0.2, 0) is 4.79 Å². The molecule has 0 heterocycles. The van der Waals surface area contributed by atoms with Gasteiger partial charge in [0.05, 0.1) is 12.1 Å². The van der Waals surface area contributed by atoms with Gasteiger partial charge in [0, 0.05) is 11.5 Å². The molecule has 86 valence electrons. The van der Waals surface area contributed by atoms with Crippen LogP contribution in [0.4, 0.5) is 0 Å². The third kappa shape index (κ3) is 2.61. The molecule has 3 nitrogen and oxygen atoms in total. The molecular formula is C12H13ClO3. The lowest BCUT2D eigenvalue weighted by molar-refractivity contribution is -0.117. The highest BCUT2D eigenvalue weighted by atomic mass is 35.5. The number of benzene rings is 1. The minimum absolute atomic E-state index is 0.296. The van der Waals surface area contributed by atoms with Gasteiger partial charge in [0.25, 0.3) is 0 Å². The van der Waals surface area contributed by atoms with Crippen molar-refractivity contribution in [1.29, 1.82) is 0 Å². The Morgan fingerprint density at radius 3 is 2.38 bits per heavy atom. The van der Waals surface area contributed by atoms with Crippen molar-refractivity contribution in [3.05, 3.63) is 28.8 Å². The third-order valence-electron chi connectivity index (χ3n) is 2.16. The summed E-state index contributed by atoms with van der Waals surface area (Å²) in [4.78, 5) is 23.2. The summed E-state index contributed by atoms with van der Waals surface area (Å²) >= 11 is 5.87. The maximum atomic E-state index is 11.7. The average Bonchev–Trinajstić information content (AvgIpc) is 2.26. The molecule has 0 saturated carbocycles. The van der Waals surface area contributed by atoms with E-state index < -0.39 is 11.6 Å². The Morgan fingerprint density at radius 1 is 1.31 bits per heavy atom. The van der Waals surface area contributed by atoms with Crippen LogP contribution >= 0.6 is 11.6 Å². The first-order valence-corrected chi connectivity index (χ1v) is 5.27. The van der Waals surface area contributed by atoms with E-state index in [1.807, 2.05) is 0 Å². The van der Waals surface area contributed by atoms with Crippen molar-refractivity contribution in [2.45, 2.75) is 13.8 Å².